The number of nitrogens with two attached hydrogens (primary N) is 2. The van der Waals surface area contributed by atoms with Crippen molar-refractivity contribution in [1.29, 1.82) is 0 Å². The number of aliphatic hydroxyl groups excluding tert-OH is 2. The third-order valence-corrected chi connectivity index (χ3v) is 7.70. The third-order valence-electron chi connectivity index (χ3n) is 7.70. The number of aliphatic hydroxyl groups is 3. The van der Waals surface area contributed by atoms with Gasteiger partial charge in [-0.2, -0.15) is 8.42 Å². The summed E-state index contributed by atoms with van der Waals surface area (Å²) < 4.78 is 31.6. The number of amides is 1. The normalized spacial score (nSPS) is 25.7. The number of rotatable bonds is 5. The molecule has 3 aliphatic rings. The number of hydrogen-bond acceptors (Lipinski definition) is 12. The van der Waals surface area contributed by atoms with Crippen LogP contribution in [-0.4, -0.2) is 99.7 Å². The van der Waals surface area contributed by atoms with E-state index in [2.05, 4.69) is 0 Å². The van der Waals surface area contributed by atoms with Gasteiger partial charge >= 0.3 is 10.4 Å². The Hall–Kier alpha value is -3.70. The van der Waals surface area contributed by atoms with E-state index in [0.717, 1.165) is 6.42 Å². The van der Waals surface area contributed by atoms with Gasteiger partial charge in [0.2, 0.25) is 5.78 Å². The molecule has 0 bridgehead atoms. The quantitative estimate of drug-likeness (QED) is 0.0939. The van der Waals surface area contributed by atoms with Crippen molar-refractivity contribution in [2.75, 3.05) is 38.3 Å². The van der Waals surface area contributed by atoms with Crippen molar-refractivity contribution < 1.29 is 52.3 Å². The number of nitrogens with zero attached hydrogens (tertiary/aromatic N) is 2. The average Bonchev–Trinajstić information content (AvgIpc) is 2.82. The van der Waals surface area contributed by atoms with Gasteiger partial charge < -0.3 is 36.8 Å². The van der Waals surface area contributed by atoms with Crippen LogP contribution in [0.25, 0.3) is 5.76 Å². The van der Waals surface area contributed by atoms with E-state index in [1.165, 1.54) is 4.90 Å². The Morgan fingerprint density at radius 1 is 1.15 bits per heavy atom. The highest BCUT2D eigenvalue weighted by Gasteiger charge is 2.64. The summed E-state index contributed by atoms with van der Waals surface area (Å²) in [7, 11) is 0.310. The van der Waals surface area contributed by atoms with E-state index >= 15 is 0 Å². The fourth-order valence-corrected chi connectivity index (χ4v) is 6.11. The molecule has 1 aromatic rings. The second-order valence-corrected chi connectivity index (χ2v) is 11.4. The van der Waals surface area contributed by atoms with Crippen LogP contribution in [0.4, 0.5) is 11.4 Å². The summed E-state index contributed by atoms with van der Waals surface area (Å²) in [6.45, 7) is 2.68. The maximum Gasteiger partial charge on any atom is 0.394 e. The summed E-state index contributed by atoms with van der Waals surface area (Å²) in [6, 6.07) is 0.494. The van der Waals surface area contributed by atoms with Crippen LogP contribution in [0.1, 0.15) is 30.9 Å². The molecule has 0 heterocycles. The lowest BCUT2D eigenvalue weighted by molar-refractivity contribution is -0.153. The number of anilines is 2. The van der Waals surface area contributed by atoms with Gasteiger partial charge in [0.25, 0.3) is 5.91 Å². The lowest BCUT2D eigenvalue weighted by atomic mass is 9.57. The molecule has 0 aromatic heterocycles. The molecule has 0 radical (unpaired) electrons. The number of nitrogen functional groups attached to an aromatic ring is 1. The van der Waals surface area contributed by atoms with Crippen LogP contribution in [0, 0.1) is 11.8 Å². The fourth-order valence-electron chi connectivity index (χ4n) is 6.11. The molecule has 1 amide bonds. The first-order valence-electron chi connectivity index (χ1n) is 12.5. The van der Waals surface area contributed by atoms with Crippen molar-refractivity contribution in [3.05, 3.63) is 34.1 Å². The summed E-state index contributed by atoms with van der Waals surface area (Å²) in [4.78, 5) is 42.4. The van der Waals surface area contributed by atoms with Crippen molar-refractivity contribution in [2.45, 2.75) is 37.8 Å². The number of carbonyl (C=O) groups is 3. The second kappa shape index (κ2) is 10.9. The number of Topliss-reactive ketones (excluding diaryl/α,β-unsaturated/α-hetero) is 2. The molecule has 4 atom stereocenters. The lowest BCUT2D eigenvalue weighted by Crippen LogP contribution is -2.65. The number of primary amides is 1. The first kappa shape index (κ1) is 31.8. The fraction of sp³-hybridized carbons (Fsp3) is 0.480. The van der Waals surface area contributed by atoms with Crippen LogP contribution in [0.15, 0.2) is 23.0 Å². The lowest BCUT2D eigenvalue weighted by Gasteiger charge is -2.50. The van der Waals surface area contributed by atoms with E-state index < -0.39 is 74.2 Å². The predicted octanol–water partition coefficient (Wildman–Crippen LogP) is -0.260. The minimum Gasteiger partial charge on any atom is -0.508 e. The molecule has 41 heavy (non-hydrogen) atoms. The predicted molar refractivity (Wildman–Crippen MR) is 146 cm³/mol. The van der Waals surface area contributed by atoms with Crippen LogP contribution >= 0.6 is 0 Å². The first-order chi connectivity index (χ1) is 18.8. The molecule has 3 aliphatic carbocycles. The molecule has 0 spiro atoms. The Kier molecular flexibility index (Phi) is 8.49. The van der Waals surface area contributed by atoms with E-state index in [0.29, 0.717) is 17.8 Å². The second-order valence-electron chi connectivity index (χ2n) is 10.5. The zero-order chi connectivity index (χ0) is 31.4. The Morgan fingerprint density at radius 3 is 2.20 bits per heavy atom. The Bertz CT molecular complexity index is 1480. The van der Waals surface area contributed by atoms with Gasteiger partial charge in [0.05, 0.1) is 17.3 Å². The van der Waals surface area contributed by atoms with Crippen molar-refractivity contribution >= 4 is 45.0 Å². The molecule has 1 fully saturated rings. The third kappa shape index (κ3) is 5.36. The number of benzene rings is 1. The van der Waals surface area contributed by atoms with E-state index in [1.54, 1.807) is 20.2 Å². The van der Waals surface area contributed by atoms with Crippen molar-refractivity contribution in [3.63, 3.8) is 0 Å². The van der Waals surface area contributed by atoms with E-state index in [9.17, 15) is 34.8 Å². The SMILES string of the molecule is CCCN(C)c1cc(N)c(O)c2c1CC1CC3[C@H](N(C)C)C(=O)C(C(N)=O)=C(O)[C@@]3(O)C(=O)C1=C2O.O=S(=O)(O)O. The highest BCUT2D eigenvalue weighted by molar-refractivity contribution is 7.79. The summed E-state index contributed by atoms with van der Waals surface area (Å²) in [5.41, 5.74) is 8.92. The number of phenolic OH excluding ortho intramolecular Hbond substituents is 1. The van der Waals surface area contributed by atoms with Gasteiger partial charge in [-0.3, -0.25) is 28.4 Å². The van der Waals surface area contributed by atoms with Crippen LogP contribution in [0.2, 0.25) is 0 Å². The maximum absolute atomic E-state index is 13.8. The number of hydrogen-bond donors (Lipinski definition) is 8. The summed E-state index contributed by atoms with van der Waals surface area (Å²) >= 11 is 0. The van der Waals surface area contributed by atoms with Gasteiger partial charge in [-0.25, -0.2) is 0 Å². The van der Waals surface area contributed by atoms with Gasteiger partial charge in [-0.15, -0.1) is 0 Å². The average molecular weight is 599 g/mol. The van der Waals surface area contributed by atoms with E-state index in [1.807, 2.05) is 18.9 Å². The van der Waals surface area contributed by atoms with Gasteiger partial charge in [0.15, 0.2) is 11.4 Å². The molecular formula is C25H34N4O11S. The molecule has 16 heteroatoms. The number of likely N-dealkylation sites (N-methyl/N-ethyl adjacent to an activating group) is 1. The van der Waals surface area contributed by atoms with E-state index in [4.69, 9.17) is 29.0 Å². The minimum absolute atomic E-state index is 0.00634. The molecule has 0 saturated heterocycles. The summed E-state index contributed by atoms with van der Waals surface area (Å²) in [5, 5.41) is 44.6. The molecule has 2 unspecified atom stereocenters. The van der Waals surface area contributed by atoms with Crippen LogP contribution in [0.3, 0.4) is 0 Å². The zero-order valence-electron chi connectivity index (χ0n) is 22.8. The molecule has 4 rings (SSSR count). The van der Waals surface area contributed by atoms with Crippen LogP contribution in [-0.2, 0) is 31.2 Å². The largest absolute Gasteiger partial charge is 0.508 e. The maximum atomic E-state index is 13.8. The number of ketones is 2. The van der Waals surface area contributed by atoms with E-state index in [-0.39, 0.29) is 29.7 Å². The smallest absolute Gasteiger partial charge is 0.394 e. The molecule has 0 aliphatic heterocycles. The summed E-state index contributed by atoms with van der Waals surface area (Å²) in [6.07, 6.45) is 1.08. The molecule has 1 aromatic carbocycles. The van der Waals surface area contributed by atoms with Gasteiger partial charge in [0.1, 0.15) is 22.8 Å². The van der Waals surface area contributed by atoms with Gasteiger partial charge in [0, 0.05) is 30.8 Å². The number of phenols is 1. The zero-order valence-corrected chi connectivity index (χ0v) is 23.6. The minimum atomic E-state index is -4.67. The van der Waals surface area contributed by atoms with Gasteiger partial charge in [-0.05, 0) is 50.9 Å². The Morgan fingerprint density at radius 2 is 1.71 bits per heavy atom. The number of fused-ring (bicyclic) bond motifs is 3. The monoisotopic (exact) mass is 598 g/mol. The molecule has 10 N–H and O–H groups in total. The van der Waals surface area contributed by atoms with Crippen molar-refractivity contribution in [1.82, 2.24) is 4.90 Å². The Labute approximate surface area is 235 Å². The van der Waals surface area contributed by atoms with Crippen LogP contribution < -0.4 is 16.4 Å². The van der Waals surface area contributed by atoms with Crippen molar-refractivity contribution in [3.8, 4) is 5.75 Å². The molecule has 1 saturated carbocycles. The van der Waals surface area contributed by atoms with Crippen molar-refractivity contribution in [2.24, 2.45) is 17.6 Å². The highest BCUT2D eigenvalue weighted by atomic mass is 32.3. The highest BCUT2D eigenvalue weighted by Crippen LogP contribution is 2.54. The summed E-state index contributed by atoms with van der Waals surface area (Å²) in [5.74, 6) is -6.91. The molecule has 15 nitrogen and oxygen atoms in total. The topological polar surface area (TPSA) is 265 Å². The standard InChI is InChI=1S/C25H32N4O7.H2O4S/c1-5-6-29(4)14-9-13(26)19(30)16-11(14)7-10-8-12-18(28(2)3)21(32)17(24(27)35)23(34)25(12,36)22(33)15(10)20(16)31;1-5(2,3)4/h9-10,12,18,30-31,34,36H,5-8,26H2,1-4H3,(H2,27,35);(H2,1,2,3,4)/t10?,12?,18-,25-;/m0./s1. The Balaban J connectivity index is 0.000000850. The number of carbonyl (C=O) groups excluding carboxylic acids is 3. The molecular weight excluding hydrogens is 564 g/mol. The van der Waals surface area contributed by atoms with Crippen LogP contribution in [0.5, 0.6) is 5.75 Å². The first-order valence-corrected chi connectivity index (χ1v) is 13.9. The van der Waals surface area contributed by atoms with Gasteiger partial charge in [-0.1, -0.05) is 6.92 Å². The number of aromatic hydroxyl groups is 1. The molecule has 226 valence electrons.